The van der Waals surface area contributed by atoms with E-state index in [4.69, 9.17) is 16.6 Å². The predicted molar refractivity (Wildman–Crippen MR) is 103 cm³/mol. The second-order valence-corrected chi connectivity index (χ2v) is 7.01. The maximum absolute atomic E-state index is 6.23. The van der Waals surface area contributed by atoms with Crippen LogP contribution in [0.5, 0.6) is 0 Å². The third-order valence-electron chi connectivity index (χ3n) is 3.84. The zero-order valence-electron chi connectivity index (χ0n) is 13.1. The maximum atomic E-state index is 6.23. The summed E-state index contributed by atoms with van der Waals surface area (Å²) in [5.74, 6) is 0. The summed E-state index contributed by atoms with van der Waals surface area (Å²) < 4.78 is 3.16. The Balaban J connectivity index is 1.99. The number of hydrogen-bond acceptors (Lipinski definition) is 2. The first-order valence-corrected chi connectivity index (χ1v) is 8.84. The van der Waals surface area contributed by atoms with Crippen molar-refractivity contribution in [3.05, 3.63) is 88.1 Å². The van der Waals surface area contributed by atoms with Crippen molar-refractivity contribution in [3.63, 3.8) is 0 Å². The van der Waals surface area contributed by atoms with Crippen LogP contribution in [-0.4, -0.2) is 3.96 Å². The van der Waals surface area contributed by atoms with Crippen molar-refractivity contribution in [2.45, 2.75) is 6.92 Å². The first-order valence-electron chi connectivity index (χ1n) is 7.69. The minimum atomic E-state index is 0.729. The van der Waals surface area contributed by atoms with Gasteiger partial charge in [-0.1, -0.05) is 47.5 Å². The summed E-state index contributed by atoms with van der Waals surface area (Å²) in [6, 6.07) is 24.5. The molecule has 0 saturated heterocycles. The van der Waals surface area contributed by atoms with Crippen molar-refractivity contribution in [1.29, 1.82) is 0 Å². The molecule has 4 heteroatoms. The molecule has 0 atom stereocenters. The van der Waals surface area contributed by atoms with Gasteiger partial charge in [0.15, 0.2) is 0 Å². The molecule has 0 fully saturated rings. The summed E-state index contributed by atoms with van der Waals surface area (Å²) in [6.07, 6.45) is 0. The van der Waals surface area contributed by atoms with Crippen LogP contribution in [0.4, 0.5) is 5.69 Å². The SMILES string of the molecule is Cc1ccc(-n2sc(=Nc3ccccc3)c3ccc(Cl)cc32)cc1. The summed E-state index contributed by atoms with van der Waals surface area (Å²) >= 11 is 7.86. The van der Waals surface area contributed by atoms with Gasteiger partial charge >= 0.3 is 0 Å². The van der Waals surface area contributed by atoms with E-state index in [1.54, 1.807) is 11.5 Å². The number of aryl methyl sites for hydroxylation is 1. The fourth-order valence-electron chi connectivity index (χ4n) is 2.61. The number of halogens is 1. The highest BCUT2D eigenvalue weighted by atomic mass is 35.5. The molecular weight excluding hydrogens is 336 g/mol. The number of rotatable bonds is 2. The van der Waals surface area contributed by atoms with Crippen LogP contribution in [0.1, 0.15) is 5.56 Å². The van der Waals surface area contributed by atoms with Gasteiger partial charge in [0.2, 0.25) is 0 Å². The quantitative estimate of drug-likeness (QED) is 0.429. The van der Waals surface area contributed by atoms with E-state index < -0.39 is 0 Å². The fraction of sp³-hybridized carbons (Fsp3) is 0.0500. The highest BCUT2D eigenvalue weighted by Gasteiger charge is 2.09. The van der Waals surface area contributed by atoms with Gasteiger partial charge in [-0.05, 0) is 60.9 Å². The molecule has 0 N–H and O–H groups in total. The highest BCUT2D eigenvalue weighted by molar-refractivity contribution is 7.05. The standard InChI is InChI=1S/C20H15ClN2S/c1-14-7-10-17(11-8-14)23-19-13-15(21)9-12-18(19)20(24-23)22-16-5-3-2-4-6-16/h2-13H,1H3. The van der Waals surface area contributed by atoms with Crippen LogP contribution < -0.4 is 4.67 Å². The predicted octanol–water partition coefficient (Wildman–Crippen LogP) is 5.89. The Morgan fingerprint density at radius 2 is 1.67 bits per heavy atom. The van der Waals surface area contributed by atoms with E-state index in [0.717, 1.165) is 32.0 Å². The summed E-state index contributed by atoms with van der Waals surface area (Å²) in [6.45, 7) is 2.09. The van der Waals surface area contributed by atoms with Gasteiger partial charge in [-0.3, -0.25) is 3.96 Å². The smallest absolute Gasteiger partial charge is 0.143 e. The van der Waals surface area contributed by atoms with E-state index >= 15 is 0 Å². The molecule has 118 valence electrons. The molecule has 0 aliphatic heterocycles. The fourth-order valence-corrected chi connectivity index (χ4v) is 3.84. The molecule has 0 radical (unpaired) electrons. The Bertz CT molecular complexity index is 1060. The number of benzene rings is 3. The van der Waals surface area contributed by atoms with Gasteiger partial charge < -0.3 is 0 Å². The first-order chi connectivity index (χ1) is 11.7. The van der Waals surface area contributed by atoms with E-state index in [-0.39, 0.29) is 0 Å². The van der Waals surface area contributed by atoms with Crippen molar-refractivity contribution in [1.82, 2.24) is 3.96 Å². The highest BCUT2D eigenvalue weighted by Crippen LogP contribution is 2.24. The van der Waals surface area contributed by atoms with Crippen LogP contribution in [0.25, 0.3) is 16.6 Å². The second kappa shape index (κ2) is 6.27. The number of nitrogens with zero attached hydrogens (tertiary/aromatic N) is 2. The van der Waals surface area contributed by atoms with E-state index in [1.165, 1.54) is 5.56 Å². The monoisotopic (exact) mass is 350 g/mol. The third kappa shape index (κ3) is 2.88. The zero-order chi connectivity index (χ0) is 16.5. The molecule has 0 aliphatic rings. The van der Waals surface area contributed by atoms with E-state index in [0.29, 0.717) is 0 Å². The normalized spacial score (nSPS) is 12.0. The molecule has 0 unspecified atom stereocenters. The molecule has 24 heavy (non-hydrogen) atoms. The Morgan fingerprint density at radius 1 is 0.917 bits per heavy atom. The lowest BCUT2D eigenvalue weighted by Crippen LogP contribution is -1.91. The topological polar surface area (TPSA) is 17.3 Å². The maximum Gasteiger partial charge on any atom is 0.143 e. The van der Waals surface area contributed by atoms with Crippen LogP contribution in [0, 0.1) is 6.92 Å². The molecule has 0 spiro atoms. The zero-order valence-corrected chi connectivity index (χ0v) is 14.7. The molecular formula is C20H15ClN2S. The van der Waals surface area contributed by atoms with Crippen molar-refractivity contribution in [2.75, 3.05) is 0 Å². The van der Waals surface area contributed by atoms with Crippen LogP contribution in [0.3, 0.4) is 0 Å². The number of aromatic nitrogens is 1. The molecule has 0 saturated carbocycles. The first kappa shape index (κ1) is 15.2. The van der Waals surface area contributed by atoms with Gasteiger partial charge in [0.25, 0.3) is 0 Å². The van der Waals surface area contributed by atoms with Gasteiger partial charge in [-0.25, -0.2) is 4.99 Å². The molecule has 1 heterocycles. The second-order valence-electron chi connectivity index (χ2n) is 5.64. The lowest BCUT2D eigenvalue weighted by atomic mass is 10.2. The van der Waals surface area contributed by atoms with Crippen molar-refractivity contribution in [2.24, 2.45) is 4.99 Å². The van der Waals surface area contributed by atoms with Crippen molar-refractivity contribution in [3.8, 4) is 5.69 Å². The summed E-state index contributed by atoms with van der Waals surface area (Å²) in [5, 5.41) is 1.83. The van der Waals surface area contributed by atoms with E-state index in [1.807, 2.05) is 48.5 Å². The molecule has 4 rings (SSSR count). The molecule has 0 amide bonds. The average molecular weight is 351 g/mol. The third-order valence-corrected chi connectivity index (χ3v) is 5.15. The van der Waals surface area contributed by atoms with Gasteiger partial charge in [0.05, 0.1) is 16.9 Å². The number of hydrogen-bond donors (Lipinski definition) is 0. The Hall–Kier alpha value is -2.36. The Morgan fingerprint density at radius 3 is 2.42 bits per heavy atom. The minimum absolute atomic E-state index is 0.729. The summed E-state index contributed by atoms with van der Waals surface area (Å²) in [5.41, 5.74) is 4.39. The molecule has 4 aromatic rings. The molecule has 0 aliphatic carbocycles. The lowest BCUT2D eigenvalue weighted by molar-refractivity contribution is 1.25. The lowest BCUT2D eigenvalue weighted by Gasteiger charge is -2.04. The van der Waals surface area contributed by atoms with Gasteiger partial charge in [0, 0.05) is 10.4 Å². The van der Waals surface area contributed by atoms with Gasteiger partial charge in [0.1, 0.15) is 4.67 Å². The van der Waals surface area contributed by atoms with Gasteiger partial charge in [-0.2, -0.15) is 0 Å². The van der Waals surface area contributed by atoms with Crippen LogP contribution in [0.15, 0.2) is 77.8 Å². The minimum Gasteiger partial charge on any atom is -0.264 e. The Kier molecular flexibility index (Phi) is 3.97. The number of para-hydroxylation sites is 1. The largest absolute Gasteiger partial charge is 0.264 e. The Labute approximate surface area is 149 Å². The summed E-state index contributed by atoms with van der Waals surface area (Å²) in [7, 11) is 0. The number of fused-ring (bicyclic) bond motifs is 1. The van der Waals surface area contributed by atoms with Crippen LogP contribution in [-0.2, 0) is 0 Å². The van der Waals surface area contributed by atoms with Crippen molar-refractivity contribution < 1.29 is 0 Å². The molecule has 0 bridgehead atoms. The molecule has 1 aromatic heterocycles. The van der Waals surface area contributed by atoms with E-state index in [2.05, 4.69) is 35.1 Å². The van der Waals surface area contributed by atoms with Crippen LogP contribution in [0.2, 0.25) is 5.02 Å². The summed E-state index contributed by atoms with van der Waals surface area (Å²) in [4.78, 5) is 4.82. The molecule has 2 nitrogen and oxygen atoms in total. The molecule has 3 aromatic carbocycles. The van der Waals surface area contributed by atoms with Gasteiger partial charge in [-0.15, -0.1) is 0 Å². The average Bonchev–Trinajstić information content (AvgIpc) is 2.94. The van der Waals surface area contributed by atoms with Crippen LogP contribution >= 0.6 is 23.1 Å². The van der Waals surface area contributed by atoms with Crippen molar-refractivity contribution >= 4 is 39.7 Å². The van der Waals surface area contributed by atoms with E-state index in [9.17, 15) is 0 Å².